The maximum absolute atomic E-state index is 12.2. The molecule has 0 unspecified atom stereocenters. The molecule has 0 aromatic heterocycles. The van der Waals surface area contributed by atoms with Crippen LogP contribution in [0.15, 0.2) is 24.3 Å². The normalized spacial score (nSPS) is 16.2. The van der Waals surface area contributed by atoms with Crippen LogP contribution in [0.5, 0.6) is 5.75 Å². The van der Waals surface area contributed by atoms with E-state index in [4.69, 9.17) is 4.74 Å². The van der Waals surface area contributed by atoms with Crippen LogP contribution in [0.4, 0.5) is 0 Å². The van der Waals surface area contributed by atoms with Crippen molar-refractivity contribution >= 4 is 5.91 Å². The number of hydrogen-bond donors (Lipinski definition) is 0. The zero-order chi connectivity index (χ0) is 14.4. The van der Waals surface area contributed by atoms with E-state index in [0.717, 1.165) is 43.9 Å². The Labute approximate surface area is 121 Å². The summed E-state index contributed by atoms with van der Waals surface area (Å²) in [6, 6.07) is 7.98. The lowest BCUT2D eigenvalue weighted by Gasteiger charge is -2.32. The van der Waals surface area contributed by atoms with Gasteiger partial charge < -0.3 is 14.5 Å². The first-order chi connectivity index (χ1) is 9.70. The number of ether oxygens (including phenoxy) is 1. The first-order valence-electron chi connectivity index (χ1n) is 7.37. The fraction of sp³-hybridized carbons (Fsp3) is 0.562. The number of piperazine rings is 1. The minimum atomic E-state index is 0.254. The Kier molecular flexibility index (Phi) is 5.41. The van der Waals surface area contributed by atoms with Gasteiger partial charge in [0.2, 0.25) is 5.91 Å². The number of rotatable bonds is 5. The Balaban J connectivity index is 1.87. The van der Waals surface area contributed by atoms with E-state index in [9.17, 15) is 4.79 Å². The van der Waals surface area contributed by atoms with Crippen molar-refractivity contribution in [1.29, 1.82) is 0 Å². The van der Waals surface area contributed by atoms with Crippen molar-refractivity contribution in [3.63, 3.8) is 0 Å². The minimum Gasteiger partial charge on any atom is -0.494 e. The van der Waals surface area contributed by atoms with Gasteiger partial charge in [-0.3, -0.25) is 4.79 Å². The second-order valence-electron chi connectivity index (χ2n) is 5.22. The van der Waals surface area contributed by atoms with E-state index >= 15 is 0 Å². The summed E-state index contributed by atoms with van der Waals surface area (Å²) in [5, 5.41) is 0. The Hall–Kier alpha value is -1.55. The minimum absolute atomic E-state index is 0.254. The summed E-state index contributed by atoms with van der Waals surface area (Å²) in [6.07, 6.45) is 1.31. The highest BCUT2D eigenvalue weighted by Gasteiger charge is 2.18. The van der Waals surface area contributed by atoms with Crippen LogP contribution < -0.4 is 4.74 Å². The molecule has 1 amide bonds. The van der Waals surface area contributed by atoms with Crippen molar-refractivity contribution in [2.24, 2.45) is 0 Å². The summed E-state index contributed by atoms with van der Waals surface area (Å²) in [5.41, 5.74) is 1.12. The van der Waals surface area contributed by atoms with Crippen molar-refractivity contribution in [3.05, 3.63) is 29.8 Å². The molecule has 4 nitrogen and oxygen atoms in total. The lowest BCUT2D eigenvalue weighted by Crippen LogP contribution is -2.47. The molecule has 0 atom stereocenters. The van der Waals surface area contributed by atoms with Gasteiger partial charge in [-0.2, -0.15) is 0 Å². The van der Waals surface area contributed by atoms with Crippen LogP contribution in [0.2, 0.25) is 0 Å². The third-order valence-electron chi connectivity index (χ3n) is 3.74. The molecule has 0 saturated carbocycles. The standard InChI is InChI=1S/C16H24N2O2/c1-3-20-15-7-5-4-6-14(15)8-9-16(19)18-12-10-17(2)11-13-18/h4-7H,3,8-13H2,1-2H3. The fourth-order valence-electron chi connectivity index (χ4n) is 2.46. The van der Waals surface area contributed by atoms with Gasteiger partial charge in [0.15, 0.2) is 0 Å². The van der Waals surface area contributed by atoms with Gasteiger partial charge in [0.25, 0.3) is 0 Å². The van der Waals surface area contributed by atoms with Crippen molar-refractivity contribution in [2.75, 3.05) is 39.8 Å². The first-order valence-corrected chi connectivity index (χ1v) is 7.37. The van der Waals surface area contributed by atoms with E-state index in [1.807, 2.05) is 36.1 Å². The average molecular weight is 276 g/mol. The number of hydrogen-bond acceptors (Lipinski definition) is 3. The second-order valence-corrected chi connectivity index (χ2v) is 5.22. The molecule has 1 heterocycles. The largest absolute Gasteiger partial charge is 0.494 e. The average Bonchev–Trinajstić information content (AvgIpc) is 2.47. The number of amides is 1. The van der Waals surface area contributed by atoms with Crippen molar-refractivity contribution in [3.8, 4) is 5.75 Å². The van der Waals surface area contributed by atoms with Gasteiger partial charge in [0, 0.05) is 32.6 Å². The van der Waals surface area contributed by atoms with Crippen LogP contribution in [-0.2, 0) is 11.2 Å². The number of aryl methyl sites for hydroxylation is 1. The van der Waals surface area contributed by atoms with E-state index < -0.39 is 0 Å². The third kappa shape index (κ3) is 3.97. The zero-order valence-corrected chi connectivity index (χ0v) is 12.5. The molecule has 4 heteroatoms. The topological polar surface area (TPSA) is 32.8 Å². The maximum Gasteiger partial charge on any atom is 0.222 e. The number of nitrogens with zero attached hydrogens (tertiary/aromatic N) is 2. The molecule has 1 aromatic carbocycles. The van der Waals surface area contributed by atoms with Gasteiger partial charge >= 0.3 is 0 Å². The molecule has 1 aliphatic rings. The third-order valence-corrected chi connectivity index (χ3v) is 3.74. The van der Waals surface area contributed by atoms with E-state index in [0.29, 0.717) is 13.0 Å². The molecule has 1 fully saturated rings. The number of carbonyl (C=O) groups excluding carboxylic acids is 1. The Morgan fingerprint density at radius 1 is 1.20 bits per heavy atom. The van der Waals surface area contributed by atoms with Crippen molar-refractivity contribution in [1.82, 2.24) is 9.80 Å². The number of likely N-dealkylation sites (N-methyl/N-ethyl adjacent to an activating group) is 1. The van der Waals surface area contributed by atoms with Crippen LogP contribution >= 0.6 is 0 Å². The molecule has 0 bridgehead atoms. The molecule has 0 aliphatic carbocycles. The molecular weight excluding hydrogens is 252 g/mol. The van der Waals surface area contributed by atoms with Gasteiger partial charge in [-0.05, 0) is 32.0 Å². The zero-order valence-electron chi connectivity index (χ0n) is 12.5. The Bertz CT molecular complexity index is 440. The van der Waals surface area contributed by atoms with E-state index in [1.165, 1.54) is 0 Å². The van der Waals surface area contributed by atoms with Crippen molar-refractivity contribution in [2.45, 2.75) is 19.8 Å². The quantitative estimate of drug-likeness (QED) is 0.822. The molecule has 0 radical (unpaired) electrons. The van der Waals surface area contributed by atoms with E-state index in [1.54, 1.807) is 0 Å². The maximum atomic E-state index is 12.2. The van der Waals surface area contributed by atoms with Crippen molar-refractivity contribution < 1.29 is 9.53 Å². The van der Waals surface area contributed by atoms with Crippen LogP contribution in [0.25, 0.3) is 0 Å². The molecule has 1 saturated heterocycles. The first kappa shape index (κ1) is 14.9. The Morgan fingerprint density at radius 3 is 2.60 bits per heavy atom. The second kappa shape index (κ2) is 7.29. The molecule has 2 rings (SSSR count). The molecule has 20 heavy (non-hydrogen) atoms. The van der Waals surface area contributed by atoms with Gasteiger partial charge in [-0.1, -0.05) is 18.2 Å². The van der Waals surface area contributed by atoms with Crippen LogP contribution in [0, 0.1) is 0 Å². The van der Waals surface area contributed by atoms with Gasteiger partial charge in [-0.25, -0.2) is 0 Å². The summed E-state index contributed by atoms with van der Waals surface area (Å²) >= 11 is 0. The smallest absolute Gasteiger partial charge is 0.222 e. The molecule has 110 valence electrons. The van der Waals surface area contributed by atoms with Crippen LogP contribution in [0.1, 0.15) is 18.9 Å². The summed E-state index contributed by atoms with van der Waals surface area (Å²) in [5.74, 6) is 1.16. The van der Waals surface area contributed by atoms with Gasteiger partial charge in [-0.15, -0.1) is 0 Å². The van der Waals surface area contributed by atoms with Crippen LogP contribution in [0.3, 0.4) is 0 Å². The summed E-state index contributed by atoms with van der Waals surface area (Å²) in [4.78, 5) is 16.4. The molecule has 0 spiro atoms. The Morgan fingerprint density at radius 2 is 1.90 bits per heavy atom. The molecule has 1 aliphatic heterocycles. The van der Waals surface area contributed by atoms with Gasteiger partial charge in [0.1, 0.15) is 5.75 Å². The number of benzene rings is 1. The number of carbonyl (C=O) groups is 1. The van der Waals surface area contributed by atoms with Gasteiger partial charge in [0.05, 0.1) is 6.61 Å². The molecule has 0 N–H and O–H groups in total. The highest BCUT2D eigenvalue weighted by atomic mass is 16.5. The highest BCUT2D eigenvalue weighted by Crippen LogP contribution is 2.20. The summed E-state index contributed by atoms with van der Waals surface area (Å²) < 4.78 is 5.60. The summed E-state index contributed by atoms with van der Waals surface area (Å²) in [6.45, 7) is 6.28. The predicted molar refractivity (Wildman–Crippen MR) is 80.0 cm³/mol. The predicted octanol–water partition coefficient (Wildman–Crippen LogP) is 1.79. The lowest BCUT2D eigenvalue weighted by molar-refractivity contribution is -0.132. The van der Waals surface area contributed by atoms with E-state index in [-0.39, 0.29) is 5.91 Å². The lowest BCUT2D eigenvalue weighted by atomic mass is 10.1. The fourth-order valence-corrected chi connectivity index (χ4v) is 2.46. The summed E-state index contributed by atoms with van der Waals surface area (Å²) in [7, 11) is 2.10. The molecular formula is C16H24N2O2. The number of para-hydroxylation sites is 1. The van der Waals surface area contributed by atoms with E-state index in [2.05, 4.69) is 11.9 Å². The van der Waals surface area contributed by atoms with Crippen LogP contribution in [-0.4, -0.2) is 55.5 Å². The highest BCUT2D eigenvalue weighted by molar-refractivity contribution is 5.76. The monoisotopic (exact) mass is 276 g/mol. The SMILES string of the molecule is CCOc1ccccc1CCC(=O)N1CCN(C)CC1. The molecule has 1 aromatic rings.